The third-order valence-corrected chi connectivity index (χ3v) is 2.22. The van der Waals surface area contributed by atoms with E-state index in [9.17, 15) is 14.4 Å². The normalized spacial score (nSPS) is 11.9. The van der Waals surface area contributed by atoms with Crippen molar-refractivity contribution in [2.24, 2.45) is 5.73 Å². The van der Waals surface area contributed by atoms with Gasteiger partial charge in [0.15, 0.2) is 5.78 Å². The summed E-state index contributed by atoms with van der Waals surface area (Å²) in [6.07, 6.45) is 0. The minimum absolute atomic E-state index is 0.00694. The Hall–Kier alpha value is -1.68. The Kier molecular flexibility index (Phi) is 3.79. The molecule has 1 atom stereocenters. The zero-order valence-electron chi connectivity index (χ0n) is 8.57. The highest BCUT2D eigenvalue weighted by Gasteiger charge is 2.22. The standard InChI is InChI=1S/C11H10ClNO3/c1-6(12)9(14)7-4-2-3-5-8(7)10(15)11(13)16/h2-6H,1H3,(H2,13,16)/t6-/m0/s1. The van der Waals surface area contributed by atoms with Gasteiger partial charge in [0.1, 0.15) is 0 Å². The van der Waals surface area contributed by atoms with E-state index in [1.807, 2.05) is 0 Å². The minimum Gasteiger partial charge on any atom is -0.363 e. The number of halogens is 1. The van der Waals surface area contributed by atoms with Crippen LogP contribution in [0.15, 0.2) is 24.3 Å². The van der Waals surface area contributed by atoms with Crippen LogP contribution in [-0.2, 0) is 4.79 Å². The van der Waals surface area contributed by atoms with Crippen molar-refractivity contribution in [2.45, 2.75) is 12.3 Å². The first-order chi connectivity index (χ1) is 7.45. The third-order valence-electron chi connectivity index (χ3n) is 2.02. The zero-order chi connectivity index (χ0) is 12.3. The lowest BCUT2D eigenvalue weighted by Crippen LogP contribution is -2.26. The van der Waals surface area contributed by atoms with Gasteiger partial charge in [-0.1, -0.05) is 24.3 Å². The van der Waals surface area contributed by atoms with Crippen molar-refractivity contribution >= 4 is 29.1 Å². The second-order valence-electron chi connectivity index (χ2n) is 3.22. The summed E-state index contributed by atoms with van der Waals surface area (Å²) in [6, 6.07) is 5.95. The maximum absolute atomic E-state index is 11.7. The van der Waals surface area contributed by atoms with Crippen molar-refractivity contribution < 1.29 is 14.4 Å². The highest BCUT2D eigenvalue weighted by Crippen LogP contribution is 2.14. The van der Waals surface area contributed by atoms with Crippen molar-refractivity contribution in [3.05, 3.63) is 35.4 Å². The Morgan fingerprint density at radius 1 is 1.19 bits per heavy atom. The average molecular weight is 240 g/mol. The van der Waals surface area contributed by atoms with Gasteiger partial charge in [-0.3, -0.25) is 14.4 Å². The molecule has 0 unspecified atom stereocenters. The van der Waals surface area contributed by atoms with Gasteiger partial charge in [-0.25, -0.2) is 0 Å². The molecule has 16 heavy (non-hydrogen) atoms. The van der Waals surface area contributed by atoms with Crippen LogP contribution in [-0.4, -0.2) is 22.9 Å². The summed E-state index contributed by atoms with van der Waals surface area (Å²) in [5, 5.41) is -0.762. The zero-order valence-corrected chi connectivity index (χ0v) is 9.32. The molecule has 0 aliphatic carbocycles. The molecule has 0 radical (unpaired) electrons. The summed E-state index contributed by atoms with van der Waals surface area (Å²) in [4.78, 5) is 33.9. The molecule has 84 valence electrons. The number of benzene rings is 1. The maximum atomic E-state index is 11.7. The van der Waals surface area contributed by atoms with E-state index in [-0.39, 0.29) is 11.1 Å². The molecule has 0 spiro atoms. The summed E-state index contributed by atoms with van der Waals surface area (Å²) in [5.41, 5.74) is 4.99. The predicted molar refractivity (Wildman–Crippen MR) is 59.6 cm³/mol. The smallest absolute Gasteiger partial charge is 0.289 e. The largest absolute Gasteiger partial charge is 0.363 e. The van der Waals surface area contributed by atoms with Crippen LogP contribution in [0.4, 0.5) is 0 Å². The first-order valence-corrected chi connectivity index (χ1v) is 5.00. The van der Waals surface area contributed by atoms with Crippen molar-refractivity contribution in [1.29, 1.82) is 0 Å². The topological polar surface area (TPSA) is 77.2 Å². The Labute approximate surface area is 97.4 Å². The molecule has 1 amide bonds. The van der Waals surface area contributed by atoms with Gasteiger partial charge in [-0.05, 0) is 6.92 Å². The summed E-state index contributed by atoms with van der Waals surface area (Å²) in [5.74, 6) is -2.39. The molecule has 0 saturated carbocycles. The van der Waals surface area contributed by atoms with Gasteiger partial charge in [0, 0.05) is 11.1 Å². The lowest BCUT2D eigenvalue weighted by Gasteiger charge is -2.07. The monoisotopic (exact) mass is 239 g/mol. The van der Waals surface area contributed by atoms with Crippen LogP contribution in [0.2, 0.25) is 0 Å². The SMILES string of the molecule is C[C@H](Cl)C(=O)c1ccccc1C(=O)C(N)=O. The molecule has 0 saturated heterocycles. The van der Waals surface area contributed by atoms with E-state index >= 15 is 0 Å². The quantitative estimate of drug-likeness (QED) is 0.487. The van der Waals surface area contributed by atoms with Crippen molar-refractivity contribution in [2.75, 3.05) is 0 Å². The Morgan fingerprint density at radius 2 is 1.69 bits per heavy atom. The van der Waals surface area contributed by atoms with E-state index in [1.54, 1.807) is 12.1 Å². The van der Waals surface area contributed by atoms with Crippen molar-refractivity contribution in [1.82, 2.24) is 0 Å². The molecule has 0 aliphatic rings. The third kappa shape index (κ3) is 2.46. The number of rotatable bonds is 4. The number of hydrogen-bond donors (Lipinski definition) is 1. The van der Waals surface area contributed by atoms with Crippen LogP contribution in [0.3, 0.4) is 0 Å². The average Bonchev–Trinajstić information content (AvgIpc) is 2.26. The first-order valence-electron chi connectivity index (χ1n) is 4.56. The number of carbonyl (C=O) groups excluding carboxylic acids is 3. The molecule has 5 heteroatoms. The maximum Gasteiger partial charge on any atom is 0.289 e. The van der Waals surface area contributed by atoms with Gasteiger partial charge in [0.05, 0.1) is 5.38 Å². The number of ketones is 2. The highest BCUT2D eigenvalue weighted by molar-refractivity contribution is 6.44. The fraction of sp³-hybridized carbons (Fsp3) is 0.182. The molecule has 0 aromatic heterocycles. The number of Topliss-reactive ketones (excluding diaryl/α,β-unsaturated/α-hetero) is 2. The van der Waals surface area contributed by atoms with E-state index in [0.717, 1.165) is 0 Å². The summed E-state index contributed by atoms with van der Waals surface area (Å²) in [7, 11) is 0. The second-order valence-corrected chi connectivity index (χ2v) is 3.87. The molecule has 1 aromatic rings. The summed E-state index contributed by atoms with van der Waals surface area (Å²) in [6.45, 7) is 1.50. The summed E-state index contributed by atoms with van der Waals surface area (Å²) < 4.78 is 0. The van der Waals surface area contributed by atoms with Crippen LogP contribution in [0.25, 0.3) is 0 Å². The van der Waals surface area contributed by atoms with Crippen LogP contribution < -0.4 is 5.73 Å². The van der Waals surface area contributed by atoms with Crippen LogP contribution in [0.1, 0.15) is 27.6 Å². The van der Waals surface area contributed by atoms with E-state index in [4.69, 9.17) is 17.3 Å². The van der Waals surface area contributed by atoms with Gasteiger partial charge >= 0.3 is 0 Å². The van der Waals surface area contributed by atoms with Crippen molar-refractivity contribution in [3.63, 3.8) is 0 Å². The second kappa shape index (κ2) is 4.90. The fourth-order valence-electron chi connectivity index (χ4n) is 1.24. The van der Waals surface area contributed by atoms with E-state index in [2.05, 4.69) is 0 Å². The molecule has 2 N–H and O–H groups in total. The lowest BCUT2D eigenvalue weighted by molar-refractivity contribution is -0.114. The van der Waals surface area contributed by atoms with Gasteiger partial charge < -0.3 is 5.73 Å². The molecular formula is C11H10ClNO3. The Balaban J connectivity index is 3.25. The van der Waals surface area contributed by atoms with E-state index < -0.39 is 22.9 Å². The number of carbonyl (C=O) groups is 3. The molecular weight excluding hydrogens is 230 g/mol. The molecule has 1 aromatic carbocycles. The molecule has 0 fully saturated rings. The molecule has 1 rings (SSSR count). The van der Waals surface area contributed by atoms with Gasteiger partial charge in [0.2, 0.25) is 0 Å². The van der Waals surface area contributed by atoms with Crippen LogP contribution >= 0.6 is 11.6 Å². The van der Waals surface area contributed by atoms with E-state index in [0.29, 0.717) is 0 Å². The Morgan fingerprint density at radius 3 is 2.12 bits per heavy atom. The number of hydrogen-bond acceptors (Lipinski definition) is 3. The molecule has 0 heterocycles. The fourth-order valence-corrected chi connectivity index (χ4v) is 1.36. The van der Waals surface area contributed by atoms with Crippen molar-refractivity contribution in [3.8, 4) is 0 Å². The first kappa shape index (κ1) is 12.4. The molecule has 0 aliphatic heterocycles. The minimum atomic E-state index is -1.09. The van der Waals surface area contributed by atoms with E-state index in [1.165, 1.54) is 19.1 Å². The predicted octanol–water partition coefficient (Wildman–Crippen LogP) is 1.16. The Bertz CT molecular complexity index is 454. The van der Waals surface area contributed by atoms with Gasteiger partial charge in [-0.2, -0.15) is 0 Å². The molecule has 0 bridgehead atoms. The lowest BCUT2D eigenvalue weighted by atomic mass is 9.98. The van der Waals surface area contributed by atoms with Gasteiger partial charge in [0.25, 0.3) is 11.7 Å². The summed E-state index contributed by atoms with van der Waals surface area (Å²) >= 11 is 5.64. The van der Waals surface area contributed by atoms with Gasteiger partial charge in [-0.15, -0.1) is 11.6 Å². The number of nitrogens with two attached hydrogens (primary N) is 1. The number of primary amides is 1. The molecule has 4 nitrogen and oxygen atoms in total. The highest BCUT2D eigenvalue weighted by atomic mass is 35.5. The van der Waals surface area contributed by atoms with Crippen LogP contribution in [0, 0.1) is 0 Å². The van der Waals surface area contributed by atoms with Crippen LogP contribution in [0.5, 0.6) is 0 Å². The number of alkyl halides is 1. The number of amides is 1.